The Balaban J connectivity index is 1.65. The van der Waals surface area contributed by atoms with E-state index < -0.39 is 0 Å². The van der Waals surface area contributed by atoms with Crippen LogP contribution in [0, 0.1) is 11.8 Å². The van der Waals surface area contributed by atoms with Gasteiger partial charge in [0.15, 0.2) is 0 Å². The first-order valence-electron chi connectivity index (χ1n) is 13.3. The highest BCUT2D eigenvalue weighted by Crippen LogP contribution is 2.34. The molecule has 0 radical (unpaired) electrons. The maximum Gasteiger partial charge on any atom is 0.247 e. The van der Waals surface area contributed by atoms with Crippen molar-refractivity contribution in [3.63, 3.8) is 0 Å². The van der Waals surface area contributed by atoms with Gasteiger partial charge in [-0.2, -0.15) is 0 Å². The van der Waals surface area contributed by atoms with E-state index in [1.54, 1.807) is 0 Å². The Morgan fingerprint density at radius 1 is 1.16 bits per heavy atom. The number of benzene rings is 2. The number of amides is 1. The van der Waals surface area contributed by atoms with Gasteiger partial charge in [-0.25, -0.2) is 0 Å². The molecule has 1 aliphatic rings. The Morgan fingerprint density at radius 3 is 2.59 bits per heavy atom. The SMILES string of the molecule is C=CC(=O)Nc1cc(Nc2cccc(-c3cn(C)c(=C)/c3=C\C(C)CC)c2)ccc1N1CCC(C)CC1. The zero-order valence-corrected chi connectivity index (χ0v) is 22.7. The Kier molecular flexibility index (Phi) is 8.22. The van der Waals surface area contributed by atoms with Crippen LogP contribution in [0.4, 0.5) is 22.7 Å². The maximum absolute atomic E-state index is 12.2. The van der Waals surface area contributed by atoms with Crippen LogP contribution in [0.1, 0.15) is 40.0 Å². The van der Waals surface area contributed by atoms with Crippen molar-refractivity contribution in [3.05, 3.63) is 71.9 Å². The number of aromatic nitrogens is 1. The molecule has 5 heteroatoms. The zero-order chi connectivity index (χ0) is 26.5. The number of rotatable bonds is 8. The van der Waals surface area contributed by atoms with Crippen LogP contribution in [0.25, 0.3) is 23.8 Å². The lowest BCUT2D eigenvalue weighted by molar-refractivity contribution is -0.111. The van der Waals surface area contributed by atoms with Gasteiger partial charge in [0, 0.05) is 53.8 Å². The molecule has 2 heterocycles. The van der Waals surface area contributed by atoms with Crippen molar-refractivity contribution < 1.29 is 4.79 Å². The highest BCUT2D eigenvalue weighted by Gasteiger charge is 2.19. The van der Waals surface area contributed by atoms with Crippen LogP contribution in [-0.4, -0.2) is 23.6 Å². The van der Waals surface area contributed by atoms with Gasteiger partial charge in [0.2, 0.25) is 5.91 Å². The summed E-state index contributed by atoms with van der Waals surface area (Å²) in [6.45, 7) is 16.7. The molecular weight excluding hydrogens is 456 g/mol. The van der Waals surface area contributed by atoms with E-state index in [9.17, 15) is 4.79 Å². The Morgan fingerprint density at radius 2 is 1.89 bits per heavy atom. The average Bonchev–Trinajstić information content (AvgIpc) is 3.18. The molecule has 1 amide bonds. The van der Waals surface area contributed by atoms with Gasteiger partial charge in [0.05, 0.1) is 11.4 Å². The average molecular weight is 497 g/mol. The highest BCUT2D eigenvalue weighted by atomic mass is 16.1. The molecule has 2 aromatic carbocycles. The third kappa shape index (κ3) is 6.16. The number of nitrogens with zero attached hydrogens (tertiary/aromatic N) is 2. The molecule has 0 saturated carbocycles. The summed E-state index contributed by atoms with van der Waals surface area (Å²) in [4.78, 5) is 14.6. The van der Waals surface area contributed by atoms with E-state index in [4.69, 9.17) is 0 Å². The van der Waals surface area contributed by atoms with Crippen LogP contribution in [0.2, 0.25) is 0 Å². The molecule has 4 rings (SSSR count). The van der Waals surface area contributed by atoms with Crippen LogP contribution < -0.4 is 26.1 Å². The number of aryl methyl sites for hydroxylation is 1. The van der Waals surface area contributed by atoms with E-state index in [1.807, 2.05) is 13.1 Å². The molecule has 5 nitrogen and oxygen atoms in total. The highest BCUT2D eigenvalue weighted by molar-refractivity contribution is 6.01. The summed E-state index contributed by atoms with van der Waals surface area (Å²) in [5.74, 6) is 1.01. The van der Waals surface area contributed by atoms with Crippen molar-refractivity contribution in [1.82, 2.24) is 4.57 Å². The topological polar surface area (TPSA) is 49.3 Å². The number of carbonyl (C=O) groups excluding carboxylic acids is 1. The van der Waals surface area contributed by atoms with Gasteiger partial charge in [0.25, 0.3) is 0 Å². The van der Waals surface area contributed by atoms with E-state index in [-0.39, 0.29) is 5.91 Å². The molecule has 0 aliphatic carbocycles. The monoisotopic (exact) mass is 496 g/mol. The van der Waals surface area contributed by atoms with E-state index in [2.05, 4.69) is 103 Å². The summed E-state index contributed by atoms with van der Waals surface area (Å²) in [7, 11) is 2.05. The quantitative estimate of drug-likeness (QED) is 0.374. The molecule has 37 heavy (non-hydrogen) atoms. The molecule has 2 N–H and O–H groups in total. The van der Waals surface area contributed by atoms with Crippen LogP contribution in [0.5, 0.6) is 0 Å². The Bertz CT molecular complexity index is 1380. The third-order valence-electron chi connectivity index (χ3n) is 7.47. The minimum absolute atomic E-state index is 0.205. The summed E-state index contributed by atoms with van der Waals surface area (Å²) < 4.78 is 2.10. The van der Waals surface area contributed by atoms with Crippen molar-refractivity contribution in [3.8, 4) is 11.1 Å². The molecular formula is C32H40N4O. The van der Waals surface area contributed by atoms with Crippen LogP contribution >= 0.6 is 0 Å². The van der Waals surface area contributed by atoms with E-state index in [1.165, 1.54) is 16.9 Å². The summed E-state index contributed by atoms with van der Waals surface area (Å²) in [5, 5.41) is 8.79. The van der Waals surface area contributed by atoms with Crippen molar-refractivity contribution in [2.24, 2.45) is 18.9 Å². The van der Waals surface area contributed by atoms with Crippen LogP contribution in [0.15, 0.2) is 61.3 Å². The van der Waals surface area contributed by atoms with Crippen molar-refractivity contribution in [2.45, 2.75) is 40.0 Å². The molecule has 194 valence electrons. The van der Waals surface area contributed by atoms with Crippen LogP contribution in [0.3, 0.4) is 0 Å². The number of anilines is 4. The molecule has 0 spiro atoms. The summed E-state index contributed by atoms with van der Waals surface area (Å²) >= 11 is 0. The standard InChI is InChI=1S/C32H40N4O/c1-7-22(3)18-28-24(5)35(6)21-29(28)25-10-9-11-26(19-25)33-27-12-13-31(30(20-27)34-32(37)8-2)36-16-14-23(4)15-17-36/h8-13,18-23,33H,2,5,7,14-17H2,1,3-4,6H3,(H,34,37)/b28-18+. The maximum atomic E-state index is 12.2. The smallest absolute Gasteiger partial charge is 0.247 e. The molecule has 3 aromatic rings. The third-order valence-corrected chi connectivity index (χ3v) is 7.47. The number of hydrogen-bond donors (Lipinski definition) is 2. The summed E-state index contributed by atoms with van der Waals surface area (Å²) in [5.41, 5.74) is 6.09. The normalized spacial score (nSPS) is 15.5. The van der Waals surface area contributed by atoms with E-state index in [0.29, 0.717) is 5.92 Å². The van der Waals surface area contributed by atoms with E-state index in [0.717, 1.165) is 71.9 Å². The number of piperidine rings is 1. The zero-order valence-electron chi connectivity index (χ0n) is 22.7. The number of nitrogens with one attached hydrogen (secondary N) is 2. The van der Waals surface area contributed by atoms with E-state index >= 15 is 0 Å². The number of hydrogen-bond acceptors (Lipinski definition) is 3. The molecule has 1 unspecified atom stereocenters. The lowest BCUT2D eigenvalue weighted by Crippen LogP contribution is -2.33. The molecule has 0 bridgehead atoms. The predicted molar refractivity (Wildman–Crippen MR) is 159 cm³/mol. The Hall–Kier alpha value is -3.73. The lowest BCUT2D eigenvalue weighted by atomic mass is 9.98. The molecule has 1 atom stereocenters. The first kappa shape index (κ1) is 26.3. The largest absolute Gasteiger partial charge is 0.370 e. The fraction of sp³-hybridized carbons (Fsp3) is 0.344. The lowest BCUT2D eigenvalue weighted by Gasteiger charge is -2.33. The molecule has 1 saturated heterocycles. The number of carbonyl (C=O) groups is 1. The summed E-state index contributed by atoms with van der Waals surface area (Å²) in [6, 6.07) is 14.7. The van der Waals surface area contributed by atoms with Gasteiger partial charge in [-0.05, 0) is 66.6 Å². The first-order valence-corrected chi connectivity index (χ1v) is 13.3. The fourth-order valence-corrected chi connectivity index (χ4v) is 4.86. The molecule has 1 fully saturated rings. The van der Waals surface area contributed by atoms with Crippen molar-refractivity contribution in [1.29, 1.82) is 0 Å². The Labute approximate surface area is 221 Å². The van der Waals surface area contributed by atoms with Gasteiger partial charge >= 0.3 is 0 Å². The second-order valence-electron chi connectivity index (χ2n) is 10.4. The van der Waals surface area contributed by atoms with Gasteiger partial charge in [-0.15, -0.1) is 0 Å². The predicted octanol–water partition coefficient (Wildman–Crippen LogP) is 6.03. The fourth-order valence-electron chi connectivity index (χ4n) is 4.86. The first-order chi connectivity index (χ1) is 17.8. The minimum atomic E-state index is -0.205. The van der Waals surface area contributed by atoms with Crippen molar-refractivity contribution >= 4 is 41.3 Å². The van der Waals surface area contributed by atoms with Gasteiger partial charge in [-0.1, -0.05) is 58.6 Å². The minimum Gasteiger partial charge on any atom is -0.370 e. The second-order valence-corrected chi connectivity index (χ2v) is 10.4. The second kappa shape index (κ2) is 11.5. The van der Waals surface area contributed by atoms with Gasteiger partial charge in [-0.3, -0.25) is 4.79 Å². The van der Waals surface area contributed by atoms with Crippen LogP contribution in [-0.2, 0) is 11.8 Å². The van der Waals surface area contributed by atoms with Gasteiger partial charge < -0.3 is 20.1 Å². The van der Waals surface area contributed by atoms with Crippen molar-refractivity contribution in [2.75, 3.05) is 28.6 Å². The molecule has 1 aromatic heterocycles. The molecule has 1 aliphatic heterocycles. The summed E-state index contributed by atoms with van der Waals surface area (Å²) in [6.07, 6.45) is 9.21. The van der Waals surface area contributed by atoms with Gasteiger partial charge in [0.1, 0.15) is 0 Å².